The van der Waals surface area contributed by atoms with Gasteiger partial charge in [0.2, 0.25) is 11.8 Å². The number of aromatic nitrogens is 4. The fourth-order valence-corrected chi connectivity index (χ4v) is 5.77. The van der Waals surface area contributed by atoms with Crippen molar-refractivity contribution in [2.75, 3.05) is 50.2 Å². The van der Waals surface area contributed by atoms with Crippen LogP contribution in [0.15, 0.2) is 59.9 Å². The second kappa shape index (κ2) is 11.9. The van der Waals surface area contributed by atoms with Gasteiger partial charge in [0, 0.05) is 50.3 Å². The molecule has 0 radical (unpaired) electrons. The molecule has 1 fully saturated rings. The average Bonchev–Trinajstić information content (AvgIpc) is 3.30. The number of morpholine rings is 1. The van der Waals surface area contributed by atoms with Gasteiger partial charge in [0.15, 0.2) is 5.69 Å². The number of nitrogens with two attached hydrogens (primary N) is 1. The number of rotatable bonds is 11. The highest BCUT2D eigenvalue weighted by Crippen LogP contribution is 2.35. The number of hydrogen-bond donors (Lipinski definition) is 1. The number of carbonyl (C=O) groups excluding carboxylic acids is 1. The standard InChI is InChI=1S/C26H29N7O6S/c1-37-25-24(33(39-18-34)40(35,36)21-4-2-7-28-17-21)15-20(16-29-25)19-5-6-22-23(14-19)32(26(27)30-22)9-3-8-31-10-12-38-13-11-31/h2,4-7,14-18H,3,8-13H2,1H3,(H2,27,30). The number of benzene rings is 1. The number of carbonyl (C=O) groups is 1. The van der Waals surface area contributed by atoms with Gasteiger partial charge in [0.25, 0.3) is 10.0 Å². The van der Waals surface area contributed by atoms with Crippen LogP contribution in [0.5, 0.6) is 5.88 Å². The highest BCUT2D eigenvalue weighted by Gasteiger charge is 2.31. The van der Waals surface area contributed by atoms with E-state index in [0.717, 1.165) is 62.1 Å². The molecule has 2 N–H and O–H groups in total. The summed E-state index contributed by atoms with van der Waals surface area (Å²) < 4.78 is 39.9. The fourth-order valence-electron chi connectivity index (χ4n) is 4.60. The number of hydrogen-bond acceptors (Lipinski definition) is 11. The monoisotopic (exact) mass is 567 g/mol. The summed E-state index contributed by atoms with van der Waals surface area (Å²) in [6, 6.07) is 9.92. The van der Waals surface area contributed by atoms with E-state index in [1.54, 1.807) is 6.20 Å². The average molecular weight is 568 g/mol. The lowest BCUT2D eigenvalue weighted by Crippen LogP contribution is -2.37. The van der Waals surface area contributed by atoms with Crippen molar-refractivity contribution in [2.24, 2.45) is 0 Å². The minimum Gasteiger partial charge on any atom is -0.479 e. The van der Waals surface area contributed by atoms with Gasteiger partial charge in [-0.3, -0.25) is 14.7 Å². The number of imidazole rings is 1. The molecule has 1 aliphatic heterocycles. The van der Waals surface area contributed by atoms with Crippen LogP contribution < -0.4 is 14.9 Å². The van der Waals surface area contributed by atoms with E-state index in [-0.39, 0.29) is 22.9 Å². The van der Waals surface area contributed by atoms with E-state index in [0.29, 0.717) is 22.5 Å². The van der Waals surface area contributed by atoms with Crippen molar-refractivity contribution in [2.45, 2.75) is 17.9 Å². The molecule has 210 valence electrons. The number of ether oxygens (including phenoxy) is 2. The number of nitrogens with zero attached hydrogens (tertiary/aromatic N) is 6. The SMILES string of the molecule is COc1ncc(-c2ccc3nc(N)n(CCCN4CCOCC4)c3c2)cc1N(OC=O)S(=O)(=O)c1cccnc1. The van der Waals surface area contributed by atoms with Gasteiger partial charge in [0.05, 0.1) is 31.4 Å². The fraction of sp³-hybridized carbons (Fsp3) is 0.308. The van der Waals surface area contributed by atoms with Gasteiger partial charge in [-0.1, -0.05) is 10.5 Å². The zero-order chi connectivity index (χ0) is 28.1. The molecule has 13 nitrogen and oxygen atoms in total. The summed E-state index contributed by atoms with van der Waals surface area (Å²) in [6.07, 6.45) is 5.02. The molecule has 5 rings (SSSR count). The van der Waals surface area contributed by atoms with Crippen LogP contribution in [-0.2, 0) is 30.9 Å². The summed E-state index contributed by atoms with van der Waals surface area (Å²) >= 11 is 0. The van der Waals surface area contributed by atoms with Crippen molar-refractivity contribution in [1.29, 1.82) is 0 Å². The molecule has 0 unspecified atom stereocenters. The first-order valence-electron chi connectivity index (χ1n) is 12.6. The molecule has 4 heterocycles. The van der Waals surface area contributed by atoms with Crippen molar-refractivity contribution in [3.63, 3.8) is 0 Å². The Labute approximate surface area is 231 Å². The maximum Gasteiger partial charge on any atom is 0.322 e. The Balaban J connectivity index is 1.49. The lowest BCUT2D eigenvalue weighted by molar-refractivity contribution is -0.128. The predicted octanol–water partition coefficient (Wildman–Crippen LogP) is 2.09. The normalized spacial score (nSPS) is 14.2. The smallest absolute Gasteiger partial charge is 0.322 e. The predicted molar refractivity (Wildman–Crippen MR) is 147 cm³/mol. The van der Waals surface area contributed by atoms with Crippen LogP contribution in [0.4, 0.5) is 11.6 Å². The number of fused-ring (bicyclic) bond motifs is 1. The molecule has 0 amide bonds. The lowest BCUT2D eigenvalue weighted by atomic mass is 10.1. The second-order valence-electron chi connectivity index (χ2n) is 9.01. The van der Waals surface area contributed by atoms with E-state index in [4.69, 9.17) is 20.0 Å². The molecule has 40 heavy (non-hydrogen) atoms. The van der Waals surface area contributed by atoms with Crippen LogP contribution >= 0.6 is 0 Å². The molecule has 1 aliphatic rings. The summed E-state index contributed by atoms with van der Waals surface area (Å²) in [7, 11) is -3.01. The van der Waals surface area contributed by atoms with Gasteiger partial charge in [-0.2, -0.15) is 8.42 Å². The van der Waals surface area contributed by atoms with E-state index in [1.807, 2.05) is 22.8 Å². The zero-order valence-corrected chi connectivity index (χ0v) is 22.7. The van der Waals surface area contributed by atoms with Crippen molar-refractivity contribution in [3.8, 4) is 17.0 Å². The van der Waals surface area contributed by atoms with Crippen molar-refractivity contribution < 1.29 is 27.5 Å². The summed E-state index contributed by atoms with van der Waals surface area (Å²) in [6.45, 7) is 4.94. The van der Waals surface area contributed by atoms with Crippen molar-refractivity contribution in [3.05, 3.63) is 55.0 Å². The highest BCUT2D eigenvalue weighted by molar-refractivity contribution is 7.92. The third-order valence-corrected chi connectivity index (χ3v) is 8.14. The van der Waals surface area contributed by atoms with Gasteiger partial charge >= 0.3 is 6.47 Å². The van der Waals surface area contributed by atoms with E-state index < -0.39 is 10.0 Å². The number of sulfonamides is 1. The summed E-state index contributed by atoms with van der Waals surface area (Å²) in [4.78, 5) is 31.1. The Morgan fingerprint density at radius 2 is 1.95 bits per heavy atom. The first-order chi connectivity index (χ1) is 19.4. The van der Waals surface area contributed by atoms with Gasteiger partial charge < -0.3 is 24.6 Å². The van der Waals surface area contributed by atoms with Crippen LogP contribution in [0.1, 0.15) is 6.42 Å². The largest absolute Gasteiger partial charge is 0.479 e. The van der Waals surface area contributed by atoms with Crippen LogP contribution in [0.25, 0.3) is 22.2 Å². The Morgan fingerprint density at radius 3 is 2.67 bits per heavy atom. The topological polar surface area (TPSA) is 155 Å². The Kier molecular flexibility index (Phi) is 8.09. The van der Waals surface area contributed by atoms with Crippen molar-refractivity contribution in [1.82, 2.24) is 24.4 Å². The number of nitrogen functional groups attached to an aromatic ring is 1. The number of methoxy groups -OCH3 is 1. The molecular formula is C26H29N7O6S. The molecule has 3 aromatic heterocycles. The summed E-state index contributed by atoms with van der Waals surface area (Å²) in [5, 5.41) is 0. The minimum atomic E-state index is -4.35. The molecule has 4 aromatic rings. The molecule has 0 saturated carbocycles. The van der Waals surface area contributed by atoms with Gasteiger partial charge in [-0.25, -0.2) is 9.97 Å². The molecule has 0 bridgehead atoms. The lowest BCUT2D eigenvalue weighted by Gasteiger charge is -2.26. The van der Waals surface area contributed by atoms with Gasteiger partial charge in [0.1, 0.15) is 4.90 Å². The van der Waals surface area contributed by atoms with Gasteiger partial charge in [-0.15, -0.1) is 0 Å². The summed E-state index contributed by atoms with van der Waals surface area (Å²) in [5.41, 5.74) is 9.02. The van der Waals surface area contributed by atoms with Crippen LogP contribution in [0.2, 0.25) is 0 Å². The Morgan fingerprint density at radius 1 is 1.12 bits per heavy atom. The van der Waals surface area contributed by atoms with E-state index in [1.165, 1.54) is 31.5 Å². The van der Waals surface area contributed by atoms with Crippen LogP contribution in [-0.4, -0.2) is 79.3 Å². The van der Waals surface area contributed by atoms with Gasteiger partial charge in [-0.05, 0) is 42.3 Å². The molecule has 1 aromatic carbocycles. The number of anilines is 2. The first-order valence-corrected chi connectivity index (χ1v) is 14.0. The zero-order valence-electron chi connectivity index (χ0n) is 21.8. The number of aryl methyl sites for hydroxylation is 1. The van der Waals surface area contributed by atoms with Crippen LogP contribution in [0.3, 0.4) is 0 Å². The molecule has 1 saturated heterocycles. The maximum atomic E-state index is 13.4. The minimum absolute atomic E-state index is 0.0182. The Hall–Kier alpha value is -4.27. The highest BCUT2D eigenvalue weighted by atomic mass is 32.2. The number of pyridine rings is 2. The third-order valence-electron chi connectivity index (χ3n) is 6.58. The second-order valence-corrected chi connectivity index (χ2v) is 10.8. The Bertz CT molecular complexity index is 1590. The van der Waals surface area contributed by atoms with E-state index in [9.17, 15) is 13.2 Å². The first kappa shape index (κ1) is 27.3. The van der Waals surface area contributed by atoms with Crippen molar-refractivity contribution >= 4 is 39.2 Å². The quantitative estimate of drug-likeness (QED) is 0.209. The van der Waals surface area contributed by atoms with Crippen LogP contribution in [0, 0.1) is 0 Å². The maximum absolute atomic E-state index is 13.4. The molecule has 0 atom stereocenters. The van der Waals surface area contributed by atoms with E-state index in [2.05, 4.69) is 19.9 Å². The van der Waals surface area contributed by atoms with E-state index >= 15 is 0 Å². The molecule has 14 heteroatoms. The molecule has 0 spiro atoms. The molecule has 0 aliphatic carbocycles. The summed E-state index contributed by atoms with van der Waals surface area (Å²) in [5.74, 6) is 0.354. The molecular weight excluding hydrogens is 538 g/mol. The third kappa shape index (κ3) is 5.54.